The summed E-state index contributed by atoms with van der Waals surface area (Å²) in [6.07, 6.45) is 0.823. The monoisotopic (exact) mass is 289 g/mol. The smallest absolute Gasteiger partial charge is 0.276 e. The molecule has 3 rings (SSSR count). The minimum absolute atomic E-state index is 0.284. The van der Waals surface area contributed by atoms with Crippen LogP contribution in [0.25, 0.3) is 22.3 Å². The molecule has 0 spiro atoms. The number of rotatable bonds is 3. The van der Waals surface area contributed by atoms with E-state index in [4.69, 9.17) is 7.85 Å². The Kier molecular flexibility index (Phi) is 3.80. The van der Waals surface area contributed by atoms with Gasteiger partial charge in [0.2, 0.25) is 0 Å². The number of hydrogen-bond acceptors (Lipinski definition) is 3. The lowest BCUT2D eigenvalue weighted by molar-refractivity contribution is 0.721. The van der Waals surface area contributed by atoms with Crippen LogP contribution in [-0.2, 0) is 13.0 Å². The van der Waals surface area contributed by atoms with Gasteiger partial charge in [-0.25, -0.2) is 9.78 Å². The summed E-state index contributed by atoms with van der Waals surface area (Å²) in [5, 5.41) is 0.865. The second kappa shape index (κ2) is 5.75. The van der Waals surface area contributed by atoms with Crippen LogP contribution >= 0.6 is 0 Å². The molecule has 0 saturated carbocycles. The van der Waals surface area contributed by atoms with Gasteiger partial charge in [-0.05, 0) is 25.5 Å². The Morgan fingerprint density at radius 3 is 2.64 bits per heavy atom. The van der Waals surface area contributed by atoms with Gasteiger partial charge in [-0.1, -0.05) is 36.7 Å². The molecular weight excluding hydrogens is 273 g/mol. The standard InChI is InChI=1S/C17H16BN3O/c1-3-13-8-9-14-15(11-6-5-7-12(18)10-11)20-17(22)21(4-2)16(14)19-13/h5-10H,3-4H2,1-2H3. The summed E-state index contributed by atoms with van der Waals surface area (Å²) in [6, 6.07) is 11.4. The molecule has 0 unspecified atom stereocenters. The molecule has 2 aromatic heterocycles. The number of hydrogen-bond donors (Lipinski definition) is 0. The number of nitrogens with zero attached hydrogens (tertiary/aromatic N) is 3. The predicted molar refractivity (Wildman–Crippen MR) is 89.7 cm³/mol. The van der Waals surface area contributed by atoms with Crippen LogP contribution in [0.15, 0.2) is 41.2 Å². The van der Waals surface area contributed by atoms with E-state index in [9.17, 15) is 4.79 Å². The Labute approximate surface area is 130 Å². The summed E-state index contributed by atoms with van der Waals surface area (Å²) in [4.78, 5) is 21.2. The molecule has 2 radical (unpaired) electrons. The molecule has 0 N–H and O–H groups in total. The highest BCUT2D eigenvalue weighted by Crippen LogP contribution is 2.24. The van der Waals surface area contributed by atoms with Gasteiger partial charge in [0.15, 0.2) is 0 Å². The molecule has 1 aromatic carbocycles. The van der Waals surface area contributed by atoms with Gasteiger partial charge in [0, 0.05) is 23.2 Å². The zero-order chi connectivity index (χ0) is 15.7. The van der Waals surface area contributed by atoms with Crippen LogP contribution in [0.5, 0.6) is 0 Å². The minimum atomic E-state index is -0.284. The molecule has 0 aliphatic carbocycles. The van der Waals surface area contributed by atoms with Crippen LogP contribution in [0, 0.1) is 0 Å². The zero-order valence-corrected chi connectivity index (χ0v) is 12.7. The van der Waals surface area contributed by atoms with Gasteiger partial charge in [0.1, 0.15) is 13.5 Å². The van der Waals surface area contributed by atoms with Crippen LogP contribution in [0.2, 0.25) is 0 Å². The summed E-state index contributed by atoms with van der Waals surface area (Å²) in [7, 11) is 5.85. The van der Waals surface area contributed by atoms with Crippen molar-refractivity contribution in [1.29, 1.82) is 0 Å². The van der Waals surface area contributed by atoms with Gasteiger partial charge in [0.25, 0.3) is 0 Å². The Morgan fingerprint density at radius 2 is 1.95 bits per heavy atom. The lowest BCUT2D eigenvalue weighted by atomic mass is 9.93. The second-order valence-corrected chi connectivity index (χ2v) is 5.14. The Balaban J connectivity index is 2.39. The maximum Gasteiger partial charge on any atom is 0.349 e. The Hall–Kier alpha value is -2.43. The maximum absolute atomic E-state index is 12.3. The first kappa shape index (κ1) is 14.5. The van der Waals surface area contributed by atoms with E-state index < -0.39 is 0 Å². The lowest BCUT2D eigenvalue weighted by Gasteiger charge is -2.12. The molecule has 5 heteroatoms. The largest absolute Gasteiger partial charge is 0.349 e. The molecule has 3 aromatic rings. The van der Waals surface area contributed by atoms with Crippen LogP contribution < -0.4 is 11.2 Å². The first-order valence-corrected chi connectivity index (χ1v) is 7.40. The van der Waals surface area contributed by atoms with E-state index in [1.165, 1.54) is 0 Å². The first-order valence-electron chi connectivity index (χ1n) is 7.40. The molecule has 0 fully saturated rings. The SMILES string of the molecule is [B]c1cccc(-c2nc(=O)n(CC)c3nc(CC)ccc23)c1. The Bertz CT molecular complexity index is 902. The van der Waals surface area contributed by atoms with Crippen LogP contribution in [-0.4, -0.2) is 22.4 Å². The molecule has 0 amide bonds. The van der Waals surface area contributed by atoms with Crippen LogP contribution in [0.4, 0.5) is 0 Å². The summed E-state index contributed by atoms with van der Waals surface area (Å²) in [5.41, 5.74) is 3.46. The van der Waals surface area contributed by atoms with Crippen molar-refractivity contribution in [1.82, 2.24) is 14.5 Å². The fraction of sp³-hybridized carbons (Fsp3) is 0.235. The van der Waals surface area contributed by atoms with Gasteiger partial charge >= 0.3 is 5.69 Å². The molecular formula is C17H16BN3O. The average molecular weight is 289 g/mol. The summed E-state index contributed by atoms with van der Waals surface area (Å²) in [6.45, 7) is 4.51. The quantitative estimate of drug-likeness (QED) is 0.691. The highest BCUT2D eigenvalue weighted by Gasteiger charge is 2.13. The third-order valence-electron chi connectivity index (χ3n) is 3.72. The molecule has 0 aliphatic heterocycles. The van der Waals surface area contributed by atoms with Gasteiger partial charge in [-0.15, -0.1) is 0 Å². The van der Waals surface area contributed by atoms with Crippen molar-refractivity contribution in [3.05, 3.63) is 52.6 Å². The second-order valence-electron chi connectivity index (χ2n) is 5.14. The highest BCUT2D eigenvalue weighted by atomic mass is 16.1. The normalized spacial score (nSPS) is 11.0. The third-order valence-corrected chi connectivity index (χ3v) is 3.72. The minimum Gasteiger partial charge on any atom is -0.276 e. The first-order chi connectivity index (χ1) is 10.6. The number of aryl methyl sites for hydroxylation is 2. The van der Waals surface area contributed by atoms with E-state index >= 15 is 0 Å². The molecule has 0 aliphatic rings. The van der Waals surface area contributed by atoms with Crippen molar-refractivity contribution in [2.45, 2.75) is 26.8 Å². The molecule has 0 saturated heterocycles. The van der Waals surface area contributed by atoms with Crippen molar-refractivity contribution in [2.24, 2.45) is 0 Å². The van der Waals surface area contributed by atoms with E-state index in [-0.39, 0.29) is 5.69 Å². The molecule has 2 heterocycles. The fourth-order valence-corrected chi connectivity index (χ4v) is 2.57. The summed E-state index contributed by atoms with van der Waals surface area (Å²) < 4.78 is 1.60. The van der Waals surface area contributed by atoms with Gasteiger partial charge in [-0.3, -0.25) is 4.57 Å². The van der Waals surface area contributed by atoms with Crippen LogP contribution in [0.1, 0.15) is 19.5 Å². The van der Waals surface area contributed by atoms with Gasteiger partial charge in [0.05, 0.1) is 5.69 Å². The number of aromatic nitrogens is 3. The number of fused-ring (bicyclic) bond motifs is 1. The van der Waals surface area contributed by atoms with Gasteiger partial charge in [-0.2, -0.15) is 4.98 Å². The van der Waals surface area contributed by atoms with Crippen molar-refractivity contribution in [2.75, 3.05) is 0 Å². The van der Waals surface area contributed by atoms with Gasteiger partial charge < -0.3 is 0 Å². The molecule has 0 atom stereocenters. The molecule has 4 nitrogen and oxygen atoms in total. The average Bonchev–Trinajstić information content (AvgIpc) is 2.53. The molecule has 108 valence electrons. The maximum atomic E-state index is 12.3. The summed E-state index contributed by atoms with van der Waals surface area (Å²) in [5.74, 6) is 0. The summed E-state index contributed by atoms with van der Waals surface area (Å²) >= 11 is 0. The van der Waals surface area contributed by atoms with Crippen molar-refractivity contribution >= 4 is 24.3 Å². The van der Waals surface area contributed by atoms with E-state index in [1.807, 2.05) is 50.2 Å². The number of pyridine rings is 1. The van der Waals surface area contributed by atoms with Crippen molar-refractivity contribution in [3.63, 3.8) is 0 Å². The topological polar surface area (TPSA) is 47.8 Å². The lowest BCUT2D eigenvalue weighted by Crippen LogP contribution is -2.24. The zero-order valence-electron chi connectivity index (χ0n) is 12.7. The van der Waals surface area contributed by atoms with E-state index in [0.29, 0.717) is 23.3 Å². The third kappa shape index (κ3) is 2.43. The number of benzene rings is 1. The Morgan fingerprint density at radius 1 is 1.14 bits per heavy atom. The predicted octanol–water partition coefficient (Wildman–Crippen LogP) is 1.83. The molecule has 22 heavy (non-hydrogen) atoms. The van der Waals surface area contributed by atoms with Crippen molar-refractivity contribution in [3.8, 4) is 11.3 Å². The van der Waals surface area contributed by atoms with E-state index in [1.54, 1.807) is 4.57 Å². The van der Waals surface area contributed by atoms with E-state index in [2.05, 4.69) is 9.97 Å². The van der Waals surface area contributed by atoms with Crippen LogP contribution in [0.3, 0.4) is 0 Å². The highest BCUT2D eigenvalue weighted by molar-refractivity contribution is 6.32. The van der Waals surface area contributed by atoms with Crippen molar-refractivity contribution < 1.29 is 0 Å². The van der Waals surface area contributed by atoms with E-state index in [0.717, 1.165) is 23.1 Å². The molecule has 0 bridgehead atoms. The fourth-order valence-electron chi connectivity index (χ4n) is 2.57.